The molecule has 0 aliphatic heterocycles. The molecule has 1 unspecified atom stereocenters. The molecule has 0 radical (unpaired) electrons. The molecule has 1 N–H and O–H groups in total. The molecular weight excluding hydrogens is 220 g/mol. The number of rotatable bonds is 6. The van der Waals surface area contributed by atoms with Crippen LogP contribution in [0.25, 0.3) is 0 Å². The van der Waals surface area contributed by atoms with Crippen molar-refractivity contribution < 1.29 is 9.90 Å². The van der Waals surface area contributed by atoms with E-state index in [1.54, 1.807) is 11.8 Å². The van der Waals surface area contributed by atoms with Crippen LogP contribution in [0, 0.1) is 0 Å². The first-order valence-electron chi connectivity index (χ1n) is 5.58. The van der Waals surface area contributed by atoms with E-state index in [2.05, 4.69) is 6.92 Å². The maximum atomic E-state index is 11.7. The van der Waals surface area contributed by atoms with Crippen LogP contribution < -0.4 is 0 Å². The van der Waals surface area contributed by atoms with Crippen molar-refractivity contribution in [1.29, 1.82) is 0 Å². The van der Waals surface area contributed by atoms with Crippen LogP contribution in [-0.2, 0) is 0 Å². The van der Waals surface area contributed by atoms with Crippen LogP contribution in [0.15, 0.2) is 29.2 Å². The van der Waals surface area contributed by atoms with Gasteiger partial charge in [-0.1, -0.05) is 32.0 Å². The molecule has 0 aliphatic rings. The van der Waals surface area contributed by atoms with Crippen LogP contribution >= 0.6 is 11.8 Å². The Labute approximate surface area is 101 Å². The van der Waals surface area contributed by atoms with Crippen molar-refractivity contribution in [1.82, 2.24) is 0 Å². The van der Waals surface area contributed by atoms with E-state index in [1.165, 1.54) is 0 Å². The summed E-state index contributed by atoms with van der Waals surface area (Å²) in [5, 5.41) is 9.19. The normalized spacial score (nSPS) is 12.4. The van der Waals surface area contributed by atoms with Crippen molar-refractivity contribution in [3.63, 3.8) is 0 Å². The van der Waals surface area contributed by atoms with Gasteiger partial charge in [0.25, 0.3) is 0 Å². The first-order valence-corrected chi connectivity index (χ1v) is 6.46. The fourth-order valence-electron chi connectivity index (χ4n) is 1.45. The van der Waals surface area contributed by atoms with Gasteiger partial charge in [-0.2, -0.15) is 0 Å². The highest BCUT2D eigenvalue weighted by Crippen LogP contribution is 2.28. The van der Waals surface area contributed by atoms with E-state index in [0.29, 0.717) is 11.7 Å². The van der Waals surface area contributed by atoms with E-state index in [1.807, 2.05) is 31.2 Å². The lowest BCUT2D eigenvalue weighted by atomic mass is 10.1. The van der Waals surface area contributed by atoms with Gasteiger partial charge < -0.3 is 5.11 Å². The molecule has 0 fully saturated rings. The fourth-order valence-corrected chi connectivity index (χ4v) is 2.57. The van der Waals surface area contributed by atoms with Gasteiger partial charge in [-0.15, -0.1) is 11.8 Å². The molecule has 0 saturated carbocycles. The third-order valence-corrected chi connectivity index (χ3v) is 3.62. The highest BCUT2D eigenvalue weighted by molar-refractivity contribution is 8.00. The molecule has 0 bridgehead atoms. The minimum absolute atomic E-state index is 0.180. The number of hydrogen-bond acceptors (Lipinski definition) is 3. The first-order chi connectivity index (χ1) is 7.69. The van der Waals surface area contributed by atoms with Gasteiger partial charge in [0.2, 0.25) is 0 Å². The first kappa shape index (κ1) is 13.3. The Kier molecular flexibility index (Phi) is 5.56. The monoisotopic (exact) mass is 238 g/mol. The molecule has 16 heavy (non-hydrogen) atoms. The number of hydrogen-bond donors (Lipinski definition) is 1. The Balaban J connectivity index is 2.82. The van der Waals surface area contributed by atoms with E-state index in [9.17, 15) is 4.79 Å². The summed E-state index contributed by atoms with van der Waals surface area (Å²) in [5.74, 6) is 0.180. The van der Waals surface area contributed by atoms with Gasteiger partial charge in [-0.3, -0.25) is 4.79 Å². The zero-order valence-corrected chi connectivity index (χ0v) is 10.6. The van der Waals surface area contributed by atoms with Crippen molar-refractivity contribution >= 4 is 17.5 Å². The SMILES string of the molecule is CCC(=O)c1ccccc1SC(C)CCO. The molecule has 3 heteroatoms. The van der Waals surface area contributed by atoms with E-state index in [0.717, 1.165) is 16.9 Å². The van der Waals surface area contributed by atoms with E-state index >= 15 is 0 Å². The predicted molar refractivity (Wildman–Crippen MR) is 68.1 cm³/mol. The molecule has 2 nitrogen and oxygen atoms in total. The van der Waals surface area contributed by atoms with Gasteiger partial charge in [0.1, 0.15) is 0 Å². The van der Waals surface area contributed by atoms with Crippen LogP contribution in [-0.4, -0.2) is 22.7 Å². The molecule has 0 heterocycles. The summed E-state index contributed by atoms with van der Waals surface area (Å²) >= 11 is 1.66. The van der Waals surface area contributed by atoms with Crippen molar-refractivity contribution in [3.8, 4) is 0 Å². The van der Waals surface area contributed by atoms with E-state index in [-0.39, 0.29) is 12.4 Å². The summed E-state index contributed by atoms with van der Waals surface area (Å²) in [7, 11) is 0. The average molecular weight is 238 g/mol. The van der Waals surface area contributed by atoms with Gasteiger partial charge in [0.05, 0.1) is 0 Å². The summed E-state index contributed by atoms with van der Waals surface area (Å²) in [6.45, 7) is 4.13. The van der Waals surface area contributed by atoms with Gasteiger partial charge in [0.15, 0.2) is 5.78 Å². The number of Topliss-reactive ketones (excluding diaryl/α,β-unsaturated/α-hetero) is 1. The minimum Gasteiger partial charge on any atom is -0.396 e. The second-order valence-electron chi connectivity index (χ2n) is 3.71. The number of carbonyl (C=O) groups is 1. The number of aliphatic hydroxyl groups is 1. The van der Waals surface area contributed by atoms with Crippen LogP contribution in [0.1, 0.15) is 37.0 Å². The van der Waals surface area contributed by atoms with E-state index < -0.39 is 0 Å². The molecule has 1 aromatic carbocycles. The maximum Gasteiger partial charge on any atom is 0.163 e. The summed E-state index contributed by atoms with van der Waals surface area (Å²) in [6.07, 6.45) is 1.28. The largest absolute Gasteiger partial charge is 0.396 e. The smallest absolute Gasteiger partial charge is 0.163 e. The zero-order valence-electron chi connectivity index (χ0n) is 9.77. The molecule has 0 amide bonds. The number of thioether (sulfide) groups is 1. The molecular formula is C13H18O2S. The Morgan fingerprint density at radius 2 is 2.12 bits per heavy atom. The Hall–Kier alpha value is -0.800. The minimum atomic E-state index is 0.180. The van der Waals surface area contributed by atoms with Crippen molar-refractivity contribution in [2.45, 2.75) is 36.8 Å². The summed E-state index contributed by atoms with van der Waals surface area (Å²) in [5.41, 5.74) is 0.805. The summed E-state index contributed by atoms with van der Waals surface area (Å²) < 4.78 is 0. The quantitative estimate of drug-likeness (QED) is 0.611. The maximum absolute atomic E-state index is 11.7. The molecule has 0 saturated heterocycles. The van der Waals surface area contributed by atoms with Crippen molar-refractivity contribution in [2.75, 3.05) is 6.61 Å². The Morgan fingerprint density at radius 1 is 1.44 bits per heavy atom. The van der Waals surface area contributed by atoms with Gasteiger partial charge in [-0.25, -0.2) is 0 Å². The standard InChI is InChI=1S/C13H18O2S/c1-3-12(15)11-6-4-5-7-13(11)16-10(2)8-9-14/h4-7,10,14H,3,8-9H2,1-2H3. The van der Waals surface area contributed by atoms with Gasteiger partial charge in [-0.05, 0) is 12.5 Å². The molecule has 1 rings (SSSR count). The summed E-state index contributed by atoms with van der Waals surface area (Å²) in [6, 6.07) is 7.69. The number of benzene rings is 1. The number of carbonyl (C=O) groups excluding carboxylic acids is 1. The zero-order chi connectivity index (χ0) is 12.0. The topological polar surface area (TPSA) is 37.3 Å². The molecule has 0 spiro atoms. The van der Waals surface area contributed by atoms with Crippen LogP contribution in [0.2, 0.25) is 0 Å². The highest BCUT2D eigenvalue weighted by atomic mass is 32.2. The third kappa shape index (κ3) is 3.65. The van der Waals surface area contributed by atoms with Crippen molar-refractivity contribution in [3.05, 3.63) is 29.8 Å². The summed E-state index contributed by atoms with van der Waals surface area (Å²) in [4.78, 5) is 12.7. The molecule has 88 valence electrons. The highest BCUT2D eigenvalue weighted by Gasteiger charge is 2.11. The average Bonchev–Trinajstić information content (AvgIpc) is 2.29. The van der Waals surface area contributed by atoms with Crippen LogP contribution in [0.5, 0.6) is 0 Å². The van der Waals surface area contributed by atoms with Crippen LogP contribution in [0.3, 0.4) is 0 Å². The Bertz CT molecular complexity index is 350. The fraction of sp³-hybridized carbons (Fsp3) is 0.462. The van der Waals surface area contributed by atoms with E-state index in [4.69, 9.17) is 5.11 Å². The number of ketones is 1. The lowest BCUT2D eigenvalue weighted by Crippen LogP contribution is -2.03. The molecule has 1 atom stereocenters. The molecule has 0 aromatic heterocycles. The molecule has 0 aliphatic carbocycles. The second kappa shape index (κ2) is 6.71. The lowest BCUT2D eigenvalue weighted by molar-refractivity contribution is 0.0985. The Morgan fingerprint density at radius 3 is 2.75 bits per heavy atom. The van der Waals surface area contributed by atoms with Crippen molar-refractivity contribution in [2.24, 2.45) is 0 Å². The lowest BCUT2D eigenvalue weighted by Gasteiger charge is -2.12. The predicted octanol–water partition coefficient (Wildman–Crippen LogP) is 3.14. The third-order valence-electron chi connectivity index (χ3n) is 2.37. The second-order valence-corrected chi connectivity index (χ2v) is 5.19. The van der Waals surface area contributed by atoms with Gasteiger partial charge in [0, 0.05) is 28.7 Å². The van der Waals surface area contributed by atoms with Crippen LogP contribution in [0.4, 0.5) is 0 Å². The van der Waals surface area contributed by atoms with Gasteiger partial charge >= 0.3 is 0 Å². The number of aliphatic hydroxyl groups excluding tert-OH is 1. The molecule has 1 aromatic rings.